The van der Waals surface area contributed by atoms with Crippen molar-refractivity contribution < 1.29 is 19.5 Å². The highest BCUT2D eigenvalue weighted by Crippen LogP contribution is 2.34. The Kier molecular flexibility index (Phi) is 4.61. The topological polar surface area (TPSA) is 86.7 Å². The molecule has 6 nitrogen and oxygen atoms in total. The van der Waals surface area contributed by atoms with Crippen molar-refractivity contribution in [1.82, 2.24) is 10.2 Å². The van der Waals surface area contributed by atoms with E-state index >= 15 is 0 Å². The van der Waals surface area contributed by atoms with E-state index in [1.165, 1.54) is 11.8 Å². The van der Waals surface area contributed by atoms with E-state index in [2.05, 4.69) is 5.32 Å². The second-order valence-electron chi connectivity index (χ2n) is 6.73. The summed E-state index contributed by atoms with van der Waals surface area (Å²) >= 11 is 0. The quantitative estimate of drug-likeness (QED) is 0.880. The van der Waals surface area contributed by atoms with Crippen molar-refractivity contribution in [3.05, 3.63) is 41.6 Å². The Morgan fingerprint density at radius 1 is 1.24 bits per heavy atom. The summed E-state index contributed by atoms with van der Waals surface area (Å²) in [5.74, 6) is -1.48. The van der Waals surface area contributed by atoms with Crippen LogP contribution in [0.1, 0.15) is 56.2 Å². The lowest BCUT2D eigenvalue weighted by atomic mass is 9.92. The van der Waals surface area contributed by atoms with Crippen LogP contribution in [0.15, 0.2) is 30.5 Å². The van der Waals surface area contributed by atoms with Gasteiger partial charge in [0, 0.05) is 13.1 Å². The van der Waals surface area contributed by atoms with Crippen molar-refractivity contribution in [2.24, 2.45) is 0 Å². The molecule has 0 spiro atoms. The standard InChI is InChI=1S/C19H22N2O4/c1-13(22)21-11-8-14-6-2-3-7-15(14)16(21)12-17(23)20-19(18(24)25)9-4-5-10-19/h2-3,6-8,11,16H,4-5,9-10,12H2,1H3,(H,20,23)(H,24,25)/t16-/m0/s1. The van der Waals surface area contributed by atoms with Crippen LogP contribution >= 0.6 is 0 Å². The van der Waals surface area contributed by atoms with Crippen molar-refractivity contribution >= 4 is 23.9 Å². The van der Waals surface area contributed by atoms with Crippen LogP contribution in [-0.2, 0) is 14.4 Å². The number of benzene rings is 1. The summed E-state index contributed by atoms with van der Waals surface area (Å²) in [6.07, 6.45) is 6.06. The summed E-state index contributed by atoms with van der Waals surface area (Å²) in [5, 5.41) is 12.3. The molecule has 6 heteroatoms. The molecule has 132 valence electrons. The van der Waals surface area contributed by atoms with Crippen LogP contribution < -0.4 is 5.32 Å². The highest BCUT2D eigenvalue weighted by atomic mass is 16.4. The van der Waals surface area contributed by atoms with Crippen molar-refractivity contribution in [3.8, 4) is 0 Å². The first kappa shape index (κ1) is 17.2. The minimum atomic E-state index is -1.16. The first-order valence-electron chi connectivity index (χ1n) is 8.53. The van der Waals surface area contributed by atoms with Gasteiger partial charge in [-0.25, -0.2) is 4.79 Å². The average Bonchev–Trinajstić information content (AvgIpc) is 3.04. The number of carboxylic acids is 1. The van der Waals surface area contributed by atoms with Gasteiger partial charge in [0.2, 0.25) is 11.8 Å². The largest absolute Gasteiger partial charge is 0.480 e. The van der Waals surface area contributed by atoms with E-state index in [0.29, 0.717) is 12.8 Å². The maximum absolute atomic E-state index is 12.6. The van der Waals surface area contributed by atoms with Crippen LogP contribution in [0.5, 0.6) is 0 Å². The highest BCUT2D eigenvalue weighted by molar-refractivity contribution is 5.88. The van der Waals surface area contributed by atoms with Gasteiger partial charge >= 0.3 is 5.97 Å². The predicted molar refractivity (Wildman–Crippen MR) is 92.3 cm³/mol. The van der Waals surface area contributed by atoms with E-state index in [1.807, 2.05) is 30.3 Å². The van der Waals surface area contributed by atoms with Gasteiger partial charge in [-0.15, -0.1) is 0 Å². The Labute approximate surface area is 146 Å². The minimum absolute atomic E-state index is 0.0377. The van der Waals surface area contributed by atoms with E-state index in [0.717, 1.165) is 24.0 Å². The van der Waals surface area contributed by atoms with Gasteiger partial charge in [-0.1, -0.05) is 37.1 Å². The summed E-state index contributed by atoms with van der Waals surface area (Å²) < 4.78 is 0. The number of aliphatic carboxylic acids is 1. The Morgan fingerprint density at radius 3 is 2.56 bits per heavy atom. The number of carbonyl (C=O) groups excluding carboxylic acids is 2. The van der Waals surface area contributed by atoms with Crippen molar-refractivity contribution in [1.29, 1.82) is 0 Å². The second-order valence-corrected chi connectivity index (χ2v) is 6.73. The lowest BCUT2D eigenvalue weighted by Gasteiger charge is -2.33. The van der Waals surface area contributed by atoms with Gasteiger partial charge in [0.05, 0.1) is 12.5 Å². The Morgan fingerprint density at radius 2 is 1.92 bits per heavy atom. The normalized spacial score (nSPS) is 20.8. The molecule has 0 aromatic heterocycles. The fraction of sp³-hybridized carbons (Fsp3) is 0.421. The number of amides is 2. The lowest BCUT2D eigenvalue weighted by molar-refractivity contribution is -0.147. The number of nitrogens with zero attached hydrogens (tertiary/aromatic N) is 1. The first-order chi connectivity index (χ1) is 11.9. The van der Waals surface area contributed by atoms with Gasteiger partial charge < -0.3 is 15.3 Å². The van der Waals surface area contributed by atoms with Gasteiger partial charge in [-0.2, -0.15) is 0 Å². The molecule has 1 saturated carbocycles. The zero-order valence-electron chi connectivity index (χ0n) is 14.2. The van der Waals surface area contributed by atoms with E-state index in [9.17, 15) is 19.5 Å². The molecule has 1 aromatic rings. The highest BCUT2D eigenvalue weighted by Gasteiger charge is 2.43. The number of rotatable bonds is 4. The molecule has 0 unspecified atom stereocenters. The number of hydrogen-bond donors (Lipinski definition) is 2. The summed E-state index contributed by atoms with van der Waals surface area (Å²) in [6.45, 7) is 1.46. The van der Waals surface area contributed by atoms with Crippen LogP contribution in [0.25, 0.3) is 6.08 Å². The molecule has 1 aromatic carbocycles. The number of carboxylic acid groups (broad SMARTS) is 1. The van der Waals surface area contributed by atoms with Crippen LogP contribution in [-0.4, -0.2) is 33.3 Å². The molecular weight excluding hydrogens is 320 g/mol. The lowest BCUT2D eigenvalue weighted by Crippen LogP contribution is -2.53. The van der Waals surface area contributed by atoms with Gasteiger partial charge in [-0.05, 0) is 30.0 Å². The molecule has 3 rings (SSSR count). The molecule has 2 aliphatic rings. The number of fused-ring (bicyclic) bond motifs is 1. The van der Waals surface area contributed by atoms with Crippen molar-refractivity contribution in [3.63, 3.8) is 0 Å². The van der Waals surface area contributed by atoms with Crippen LogP contribution in [0.4, 0.5) is 0 Å². The zero-order valence-corrected chi connectivity index (χ0v) is 14.2. The van der Waals surface area contributed by atoms with E-state index in [-0.39, 0.29) is 18.2 Å². The molecule has 0 bridgehead atoms. The molecular formula is C19H22N2O4. The van der Waals surface area contributed by atoms with E-state index < -0.39 is 17.6 Å². The summed E-state index contributed by atoms with van der Waals surface area (Å²) in [7, 11) is 0. The van der Waals surface area contributed by atoms with Crippen LogP contribution in [0, 0.1) is 0 Å². The molecule has 1 heterocycles. The van der Waals surface area contributed by atoms with Crippen LogP contribution in [0.2, 0.25) is 0 Å². The van der Waals surface area contributed by atoms with E-state index in [4.69, 9.17) is 0 Å². The van der Waals surface area contributed by atoms with Crippen molar-refractivity contribution in [2.45, 2.75) is 50.6 Å². The summed E-state index contributed by atoms with van der Waals surface area (Å²) in [5.41, 5.74) is 0.695. The smallest absolute Gasteiger partial charge is 0.329 e. The molecule has 0 radical (unpaired) electrons. The molecule has 1 aliphatic carbocycles. The molecule has 2 N–H and O–H groups in total. The molecule has 1 fully saturated rings. The minimum Gasteiger partial charge on any atom is -0.480 e. The van der Waals surface area contributed by atoms with Gasteiger partial charge in [0.25, 0.3) is 0 Å². The molecule has 1 atom stereocenters. The maximum Gasteiger partial charge on any atom is 0.329 e. The third kappa shape index (κ3) is 3.29. The third-order valence-corrected chi connectivity index (χ3v) is 5.09. The Balaban J connectivity index is 1.82. The van der Waals surface area contributed by atoms with Crippen molar-refractivity contribution in [2.75, 3.05) is 0 Å². The fourth-order valence-corrected chi connectivity index (χ4v) is 3.78. The SMILES string of the molecule is CC(=O)N1C=Cc2ccccc2[C@@H]1CC(=O)NC1(C(=O)O)CCCC1. The number of carbonyl (C=O) groups is 3. The fourth-order valence-electron chi connectivity index (χ4n) is 3.78. The molecule has 25 heavy (non-hydrogen) atoms. The Bertz CT molecular complexity index is 735. The van der Waals surface area contributed by atoms with Crippen LogP contribution in [0.3, 0.4) is 0 Å². The summed E-state index contributed by atoms with van der Waals surface area (Å²) in [4.78, 5) is 37.7. The molecule has 2 amide bonds. The monoisotopic (exact) mass is 342 g/mol. The maximum atomic E-state index is 12.6. The average molecular weight is 342 g/mol. The Hall–Kier alpha value is -2.63. The molecule has 0 saturated heterocycles. The zero-order chi connectivity index (χ0) is 18.0. The van der Waals surface area contributed by atoms with Gasteiger partial charge in [0.1, 0.15) is 5.54 Å². The van der Waals surface area contributed by atoms with Gasteiger partial charge in [-0.3, -0.25) is 9.59 Å². The second kappa shape index (κ2) is 6.70. The summed E-state index contributed by atoms with van der Waals surface area (Å²) in [6, 6.07) is 7.18. The number of nitrogens with one attached hydrogen (secondary N) is 1. The van der Waals surface area contributed by atoms with E-state index in [1.54, 1.807) is 6.20 Å². The molecule has 1 aliphatic heterocycles. The first-order valence-corrected chi connectivity index (χ1v) is 8.53. The number of hydrogen-bond acceptors (Lipinski definition) is 3. The predicted octanol–water partition coefficient (Wildman–Crippen LogP) is 2.46. The van der Waals surface area contributed by atoms with Gasteiger partial charge in [0.15, 0.2) is 0 Å². The third-order valence-electron chi connectivity index (χ3n) is 5.09.